The molecule has 0 spiro atoms. The average molecular weight is 385 g/mol. The second-order valence-electron chi connectivity index (χ2n) is 6.43. The topological polar surface area (TPSA) is 110 Å². The second kappa shape index (κ2) is 7.05. The summed E-state index contributed by atoms with van der Waals surface area (Å²) in [5.74, 6) is -1.70. The number of anilines is 2. The third kappa shape index (κ3) is 3.25. The van der Waals surface area contributed by atoms with E-state index < -0.39 is 17.7 Å². The molecule has 0 aromatic heterocycles. The molecule has 0 fully saturated rings. The van der Waals surface area contributed by atoms with Crippen LogP contribution in [0.25, 0.3) is 0 Å². The van der Waals surface area contributed by atoms with Gasteiger partial charge in [-0.25, -0.2) is 4.90 Å². The van der Waals surface area contributed by atoms with Crippen molar-refractivity contribution in [3.63, 3.8) is 0 Å². The first kappa shape index (κ1) is 18.1. The van der Waals surface area contributed by atoms with Gasteiger partial charge in [-0.05, 0) is 60.7 Å². The van der Waals surface area contributed by atoms with Gasteiger partial charge in [0.1, 0.15) is 0 Å². The fraction of sp³-hybridized carbons (Fsp3) is 0. The third-order valence-electron chi connectivity index (χ3n) is 4.61. The normalized spacial score (nSPS) is 12.6. The van der Waals surface area contributed by atoms with Crippen LogP contribution in [0.2, 0.25) is 0 Å². The maximum absolute atomic E-state index is 12.5. The lowest BCUT2D eigenvalue weighted by Gasteiger charge is -2.14. The van der Waals surface area contributed by atoms with Crippen molar-refractivity contribution in [2.24, 2.45) is 5.73 Å². The number of rotatable bonds is 4. The molecule has 3 aromatic carbocycles. The van der Waals surface area contributed by atoms with Crippen molar-refractivity contribution in [2.45, 2.75) is 0 Å². The number of primary amides is 1. The molecule has 1 heterocycles. The van der Waals surface area contributed by atoms with Crippen LogP contribution in [0.5, 0.6) is 0 Å². The Morgan fingerprint density at radius 1 is 0.724 bits per heavy atom. The smallest absolute Gasteiger partial charge is 0.266 e. The van der Waals surface area contributed by atoms with Crippen molar-refractivity contribution in [1.29, 1.82) is 0 Å². The van der Waals surface area contributed by atoms with Gasteiger partial charge in [0.2, 0.25) is 5.91 Å². The maximum atomic E-state index is 12.5. The standard InChI is InChI=1S/C22H15N3O4/c23-19(26)13-5-9-15(10-6-13)24-20(27)14-7-11-16(12-8-14)25-21(28)17-3-1-2-4-18(17)22(25)29/h1-12H,(H2,23,26)(H,24,27). The summed E-state index contributed by atoms with van der Waals surface area (Å²) in [6, 6.07) is 19.0. The fourth-order valence-electron chi connectivity index (χ4n) is 3.11. The number of fused-ring (bicyclic) bond motifs is 1. The van der Waals surface area contributed by atoms with Gasteiger partial charge in [0.15, 0.2) is 0 Å². The van der Waals surface area contributed by atoms with Crippen LogP contribution in [0.3, 0.4) is 0 Å². The molecule has 0 radical (unpaired) electrons. The first-order chi connectivity index (χ1) is 14.0. The summed E-state index contributed by atoms with van der Waals surface area (Å²) < 4.78 is 0. The average Bonchev–Trinajstić information content (AvgIpc) is 2.99. The van der Waals surface area contributed by atoms with Crippen LogP contribution in [0.4, 0.5) is 11.4 Å². The molecule has 0 aliphatic carbocycles. The summed E-state index contributed by atoms with van der Waals surface area (Å²) >= 11 is 0. The third-order valence-corrected chi connectivity index (χ3v) is 4.61. The van der Waals surface area contributed by atoms with E-state index in [2.05, 4.69) is 5.32 Å². The van der Waals surface area contributed by atoms with E-state index in [1.807, 2.05) is 0 Å². The van der Waals surface area contributed by atoms with Gasteiger partial charge in [0.25, 0.3) is 17.7 Å². The minimum absolute atomic E-state index is 0.341. The van der Waals surface area contributed by atoms with E-state index in [1.54, 1.807) is 48.5 Å². The highest BCUT2D eigenvalue weighted by molar-refractivity contribution is 6.34. The predicted octanol–water partition coefficient (Wildman–Crippen LogP) is 2.84. The maximum Gasteiger partial charge on any atom is 0.266 e. The largest absolute Gasteiger partial charge is 0.366 e. The van der Waals surface area contributed by atoms with E-state index in [0.29, 0.717) is 33.6 Å². The van der Waals surface area contributed by atoms with Crippen molar-refractivity contribution in [2.75, 3.05) is 10.2 Å². The molecular formula is C22H15N3O4. The Balaban J connectivity index is 1.51. The second-order valence-corrected chi connectivity index (χ2v) is 6.43. The summed E-state index contributed by atoms with van der Waals surface area (Å²) in [6.45, 7) is 0. The zero-order valence-electron chi connectivity index (χ0n) is 15.1. The first-order valence-corrected chi connectivity index (χ1v) is 8.75. The Morgan fingerprint density at radius 2 is 1.24 bits per heavy atom. The van der Waals surface area contributed by atoms with Gasteiger partial charge >= 0.3 is 0 Å². The van der Waals surface area contributed by atoms with Crippen LogP contribution in [0.15, 0.2) is 72.8 Å². The quantitative estimate of drug-likeness (QED) is 0.673. The number of hydrogen-bond donors (Lipinski definition) is 2. The SMILES string of the molecule is NC(=O)c1ccc(NC(=O)c2ccc(N3C(=O)c4ccccc4C3=O)cc2)cc1. The summed E-state index contributed by atoms with van der Waals surface area (Å²) in [7, 11) is 0. The highest BCUT2D eigenvalue weighted by Crippen LogP contribution is 2.28. The Labute approximate surface area is 165 Å². The van der Waals surface area contributed by atoms with E-state index >= 15 is 0 Å². The minimum Gasteiger partial charge on any atom is -0.366 e. The zero-order chi connectivity index (χ0) is 20.5. The van der Waals surface area contributed by atoms with E-state index in [4.69, 9.17) is 5.73 Å². The van der Waals surface area contributed by atoms with Crippen molar-refractivity contribution in [3.8, 4) is 0 Å². The molecule has 4 amide bonds. The van der Waals surface area contributed by atoms with Crippen LogP contribution in [-0.2, 0) is 0 Å². The molecule has 0 atom stereocenters. The molecule has 0 unspecified atom stereocenters. The van der Waals surface area contributed by atoms with Crippen LogP contribution < -0.4 is 16.0 Å². The van der Waals surface area contributed by atoms with Crippen molar-refractivity contribution < 1.29 is 19.2 Å². The Hall–Kier alpha value is -4.26. The van der Waals surface area contributed by atoms with Crippen LogP contribution >= 0.6 is 0 Å². The molecule has 142 valence electrons. The number of carbonyl (C=O) groups excluding carboxylic acids is 4. The van der Waals surface area contributed by atoms with Crippen LogP contribution in [0, 0.1) is 0 Å². The molecule has 0 saturated heterocycles. The molecule has 1 aliphatic rings. The van der Waals surface area contributed by atoms with Gasteiger partial charge in [0.05, 0.1) is 16.8 Å². The number of amides is 4. The molecule has 29 heavy (non-hydrogen) atoms. The highest BCUT2D eigenvalue weighted by Gasteiger charge is 2.36. The number of nitrogens with two attached hydrogens (primary N) is 1. The monoisotopic (exact) mass is 385 g/mol. The first-order valence-electron chi connectivity index (χ1n) is 8.75. The Bertz CT molecular complexity index is 1120. The van der Waals surface area contributed by atoms with Crippen LogP contribution in [-0.4, -0.2) is 23.6 Å². The van der Waals surface area contributed by atoms with Gasteiger partial charge in [-0.15, -0.1) is 0 Å². The lowest BCUT2D eigenvalue weighted by Crippen LogP contribution is -2.29. The molecule has 0 bridgehead atoms. The molecule has 4 rings (SSSR count). The number of nitrogens with zero attached hydrogens (tertiary/aromatic N) is 1. The van der Waals surface area contributed by atoms with Crippen LogP contribution in [0.1, 0.15) is 41.4 Å². The van der Waals surface area contributed by atoms with E-state index in [-0.39, 0.29) is 5.91 Å². The summed E-state index contributed by atoms with van der Waals surface area (Å²) in [5.41, 5.74) is 7.50. The lowest BCUT2D eigenvalue weighted by atomic mass is 10.1. The Kier molecular flexibility index (Phi) is 4.40. The number of carbonyl (C=O) groups is 4. The van der Waals surface area contributed by atoms with E-state index in [9.17, 15) is 19.2 Å². The van der Waals surface area contributed by atoms with Gasteiger partial charge in [-0.2, -0.15) is 0 Å². The molecule has 1 aliphatic heterocycles. The number of hydrogen-bond acceptors (Lipinski definition) is 4. The number of imide groups is 1. The van der Waals surface area contributed by atoms with Gasteiger partial charge in [-0.1, -0.05) is 12.1 Å². The van der Waals surface area contributed by atoms with Crippen molar-refractivity contribution >= 4 is 35.0 Å². The predicted molar refractivity (Wildman–Crippen MR) is 107 cm³/mol. The van der Waals surface area contributed by atoms with E-state index in [1.165, 1.54) is 24.3 Å². The molecule has 0 saturated carbocycles. The summed E-state index contributed by atoms with van der Waals surface area (Å²) in [5, 5.41) is 2.71. The fourth-order valence-corrected chi connectivity index (χ4v) is 3.11. The van der Waals surface area contributed by atoms with Crippen molar-refractivity contribution in [1.82, 2.24) is 0 Å². The Morgan fingerprint density at radius 3 is 1.76 bits per heavy atom. The molecule has 7 heteroatoms. The molecule has 3 aromatic rings. The zero-order valence-corrected chi connectivity index (χ0v) is 15.1. The van der Waals surface area contributed by atoms with E-state index in [0.717, 1.165) is 4.90 Å². The van der Waals surface area contributed by atoms with Gasteiger partial charge < -0.3 is 11.1 Å². The summed E-state index contributed by atoms with van der Waals surface area (Å²) in [6.07, 6.45) is 0. The highest BCUT2D eigenvalue weighted by atomic mass is 16.2. The minimum atomic E-state index is -0.549. The van der Waals surface area contributed by atoms with Gasteiger partial charge in [-0.3, -0.25) is 19.2 Å². The molecule has 3 N–H and O–H groups in total. The number of benzene rings is 3. The molecular weight excluding hydrogens is 370 g/mol. The van der Waals surface area contributed by atoms with Crippen molar-refractivity contribution in [3.05, 3.63) is 95.1 Å². The molecule has 7 nitrogen and oxygen atoms in total. The number of nitrogens with one attached hydrogen (secondary N) is 1. The summed E-state index contributed by atoms with van der Waals surface area (Å²) in [4.78, 5) is 49.7. The van der Waals surface area contributed by atoms with Gasteiger partial charge in [0, 0.05) is 16.8 Å². The lowest BCUT2D eigenvalue weighted by molar-refractivity contribution is 0.0923.